The van der Waals surface area contributed by atoms with Crippen molar-refractivity contribution in [3.63, 3.8) is 0 Å². The molecule has 3 atom stereocenters. The van der Waals surface area contributed by atoms with Crippen LogP contribution in [0.4, 0.5) is 0 Å². The first-order valence-corrected chi connectivity index (χ1v) is 8.29. The van der Waals surface area contributed by atoms with Crippen LogP contribution in [0.15, 0.2) is 23.2 Å². The van der Waals surface area contributed by atoms with Crippen LogP contribution in [0.25, 0.3) is 11.0 Å². The average Bonchev–Trinajstić information content (AvgIpc) is 3.25. The minimum absolute atomic E-state index is 0.340. The molecule has 2 aliphatic rings. The van der Waals surface area contributed by atoms with Gasteiger partial charge >= 0.3 is 0 Å². The zero-order chi connectivity index (χ0) is 15.8. The number of aliphatic imine (C=N–C) groups is 1. The van der Waals surface area contributed by atoms with E-state index in [0.29, 0.717) is 24.8 Å². The highest BCUT2D eigenvalue weighted by Gasteiger charge is 2.41. The Morgan fingerprint density at radius 3 is 3.09 bits per heavy atom. The zero-order valence-electron chi connectivity index (χ0n) is 13.6. The van der Waals surface area contributed by atoms with Crippen LogP contribution in [0.3, 0.4) is 0 Å². The highest BCUT2D eigenvalue weighted by molar-refractivity contribution is 5.80. The smallest absolute Gasteiger partial charge is 0.191 e. The van der Waals surface area contributed by atoms with Crippen molar-refractivity contribution in [1.82, 2.24) is 20.6 Å². The van der Waals surface area contributed by atoms with Crippen molar-refractivity contribution in [2.45, 2.75) is 51.0 Å². The fourth-order valence-corrected chi connectivity index (χ4v) is 3.59. The first-order chi connectivity index (χ1) is 11.2. The number of aryl methyl sites for hydroxylation is 1. The molecular formula is C17H23N5O. The van der Waals surface area contributed by atoms with Gasteiger partial charge in [-0.15, -0.1) is 0 Å². The van der Waals surface area contributed by atoms with Crippen molar-refractivity contribution >= 4 is 17.0 Å². The van der Waals surface area contributed by atoms with E-state index in [-0.39, 0.29) is 0 Å². The molecule has 0 spiro atoms. The minimum atomic E-state index is 0.340. The highest BCUT2D eigenvalue weighted by atomic mass is 16.5. The topological polar surface area (TPSA) is 74.3 Å². The minimum Gasteiger partial charge on any atom is -0.373 e. The standard InChI is InChI=1S/C17H23N5O/c1-10-3-5-12-13(7-10)21-16(20-12)9-19-17(18-2)22-14-8-11-4-6-15(14)23-11/h3,5,7,11,14-15H,4,6,8-9H2,1-2H3,(H,20,21)(H2,18,19,22). The molecule has 2 fully saturated rings. The van der Waals surface area contributed by atoms with Crippen LogP contribution in [0, 0.1) is 6.92 Å². The lowest BCUT2D eigenvalue weighted by atomic mass is 9.96. The van der Waals surface area contributed by atoms with E-state index in [1.54, 1.807) is 7.05 Å². The summed E-state index contributed by atoms with van der Waals surface area (Å²) in [6.07, 6.45) is 4.21. The van der Waals surface area contributed by atoms with E-state index in [1.807, 2.05) is 6.07 Å². The van der Waals surface area contributed by atoms with Crippen LogP contribution < -0.4 is 10.6 Å². The molecule has 23 heavy (non-hydrogen) atoms. The van der Waals surface area contributed by atoms with Crippen molar-refractivity contribution in [3.05, 3.63) is 29.6 Å². The average molecular weight is 313 g/mol. The number of ether oxygens (including phenoxy) is 1. The quantitative estimate of drug-likeness (QED) is 0.597. The lowest BCUT2D eigenvalue weighted by molar-refractivity contribution is 0.0992. The first-order valence-electron chi connectivity index (χ1n) is 8.29. The SMILES string of the molecule is CN=C(NCc1nc2ccc(C)cc2[nH]1)NC1CC2CCC1O2. The highest BCUT2D eigenvalue weighted by Crippen LogP contribution is 2.34. The molecule has 2 aromatic rings. The maximum Gasteiger partial charge on any atom is 0.191 e. The Morgan fingerprint density at radius 2 is 2.35 bits per heavy atom. The summed E-state index contributed by atoms with van der Waals surface area (Å²) in [5, 5.41) is 6.82. The number of aromatic nitrogens is 2. The molecule has 6 heteroatoms. The number of rotatable bonds is 3. The summed E-state index contributed by atoms with van der Waals surface area (Å²) >= 11 is 0. The summed E-state index contributed by atoms with van der Waals surface area (Å²) in [6.45, 7) is 2.70. The van der Waals surface area contributed by atoms with Crippen molar-refractivity contribution in [3.8, 4) is 0 Å². The summed E-state index contributed by atoms with van der Waals surface area (Å²) in [7, 11) is 1.80. The third kappa shape index (κ3) is 2.91. The van der Waals surface area contributed by atoms with E-state index >= 15 is 0 Å². The van der Waals surface area contributed by atoms with Crippen LogP contribution >= 0.6 is 0 Å². The molecule has 4 rings (SSSR count). The molecule has 0 aliphatic carbocycles. The molecule has 0 amide bonds. The van der Waals surface area contributed by atoms with Gasteiger partial charge in [0.1, 0.15) is 5.82 Å². The second-order valence-corrected chi connectivity index (χ2v) is 6.49. The maximum atomic E-state index is 5.88. The van der Waals surface area contributed by atoms with E-state index in [2.05, 4.69) is 44.7 Å². The molecular weight excluding hydrogens is 290 g/mol. The molecule has 6 nitrogen and oxygen atoms in total. The predicted molar refractivity (Wildman–Crippen MR) is 90.5 cm³/mol. The number of hydrogen-bond donors (Lipinski definition) is 3. The van der Waals surface area contributed by atoms with Gasteiger partial charge in [0.2, 0.25) is 0 Å². The Morgan fingerprint density at radius 1 is 1.43 bits per heavy atom. The summed E-state index contributed by atoms with van der Waals surface area (Å²) in [5.41, 5.74) is 3.30. The molecule has 2 aliphatic heterocycles. The Hall–Kier alpha value is -2.08. The molecule has 2 bridgehead atoms. The number of H-pyrrole nitrogens is 1. The normalized spacial score (nSPS) is 26.9. The monoisotopic (exact) mass is 313 g/mol. The van der Waals surface area contributed by atoms with Gasteiger partial charge in [0.25, 0.3) is 0 Å². The molecule has 0 saturated carbocycles. The van der Waals surface area contributed by atoms with Crippen molar-refractivity contribution < 1.29 is 4.74 Å². The van der Waals surface area contributed by atoms with E-state index in [0.717, 1.165) is 35.7 Å². The van der Waals surface area contributed by atoms with Crippen molar-refractivity contribution in [2.24, 2.45) is 4.99 Å². The third-order valence-corrected chi connectivity index (χ3v) is 4.76. The van der Waals surface area contributed by atoms with Gasteiger partial charge in [-0.05, 0) is 43.9 Å². The third-order valence-electron chi connectivity index (χ3n) is 4.76. The second-order valence-electron chi connectivity index (χ2n) is 6.49. The molecule has 2 saturated heterocycles. The molecule has 3 heterocycles. The maximum absolute atomic E-state index is 5.88. The van der Waals surface area contributed by atoms with Crippen LogP contribution in [0.1, 0.15) is 30.7 Å². The van der Waals surface area contributed by atoms with Crippen molar-refractivity contribution in [2.75, 3.05) is 7.05 Å². The number of aromatic amines is 1. The van der Waals surface area contributed by atoms with E-state index in [9.17, 15) is 0 Å². The number of benzene rings is 1. The molecule has 1 aromatic carbocycles. The van der Waals surface area contributed by atoms with Crippen LogP contribution in [0.2, 0.25) is 0 Å². The Balaban J connectivity index is 1.38. The van der Waals surface area contributed by atoms with Crippen LogP contribution in [-0.2, 0) is 11.3 Å². The number of hydrogen-bond acceptors (Lipinski definition) is 3. The fraction of sp³-hybridized carbons (Fsp3) is 0.529. The van der Waals surface area contributed by atoms with Crippen molar-refractivity contribution in [1.29, 1.82) is 0 Å². The van der Waals surface area contributed by atoms with E-state index in [1.165, 1.54) is 12.0 Å². The molecule has 122 valence electrons. The second kappa shape index (κ2) is 5.85. The number of imidazole rings is 1. The van der Waals surface area contributed by atoms with Crippen LogP contribution in [0.5, 0.6) is 0 Å². The van der Waals surface area contributed by atoms with Crippen LogP contribution in [-0.4, -0.2) is 41.2 Å². The Labute approximate surface area is 135 Å². The fourth-order valence-electron chi connectivity index (χ4n) is 3.59. The molecule has 0 radical (unpaired) electrons. The summed E-state index contributed by atoms with van der Waals surface area (Å²) in [5.74, 6) is 1.72. The first kappa shape index (κ1) is 14.5. The van der Waals surface area contributed by atoms with Gasteiger partial charge in [-0.1, -0.05) is 6.07 Å². The lowest BCUT2D eigenvalue weighted by Crippen LogP contribution is -2.47. The molecule has 3 unspecified atom stereocenters. The Bertz CT molecular complexity index is 738. The lowest BCUT2D eigenvalue weighted by Gasteiger charge is -2.22. The predicted octanol–water partition coefficient (Wildman–Crippen LogP) is 1.86. The van der Waals surface area contributed by atoms with Gasteiger partial charge in [-0.25, -0.2) is 4.98 Å². The number of nitrogens with one attached hydrogen (secondary N) is 3. The summed E-state index contributed by atoms with van der Waals surface area (Å²) in [6, 6.07) is 6.62. The van der Waals surface area contributed by atoms with E-state index in [4.69, 9.17) is 4.74 Å². The Kier molecular flexibility index (Phi) is 3.69. The van der Waals surface area contributed by atoms with Gasteiger partial charge in [-0.2, -0.15) is 0 Å². The van der Waals surface area contributed by atoms with Gasteiger partial charge < -0.3 is 20.4 Å². The van der Waals surface area contributed by atoms with Gasteiger partial charge in [-0.3, -0.25) is 4.99 Å². The molecule has 3 N–H and O–H groups in total. The zero-order valence-corrected chi connectivity index (χ0v) is 13.6. The van der Waals surface area contributed by atoms with Gasteiger partial charge in [0, 0.05) is 7.05 Å². The summed E-state index contributed by atoms with van der Waals surface area (Å²) in [4.78, 5) is 12.3. The number of fused-ring (bicyclic) bond motifs is 3. The van der Waals surface area contributed by atoms with Gasteiger partial charge in [0.15, 0.2) is 5.96 Å². The van der Waals surface area contributed by atoms with E-state index < -0.39 is 0 Å². The summed E-state index contributed by atoms with van der Waals surface area (Å²) < 4.78 is 5.88. The molecule has 1 aromatic heterocycles. The van der Waals surface area contributed by atoms with Gasteiger partial charge in [0.05, 0.1) is 35.8 Å². The number of nitrogens with zero attached hydrogens (tertiary/aromatic N) is 2. The number of guanidine groups is 1. The largest absolute Gasteiger partial charge is 0.373 e.